The largest absolute Gasteiger partial charge is 0.760 e. The minimum atomic E-state index is -4.96. The third-order valence-corrected chi connectivity index (χ3v) is 5.19. The van der Waals surface area contributed by atoms with Gasteiger partial charge in [0.05, 0.1) is 4.90 Å². The van der Waals surface area contributed by atoms with Gasteiger partial charge >= 0.3 is 12.1 Å². The molecule has 24 heavy (non-hydrogen) atoms. The molecule has 13 heteroatoms. The Morgan fingerprint density at radius 2 is 1.75 bits per heavy atom. The summed E-state index contributed by atoms with van der Waals surface area (Å²) in [6.45, 7) is 2.34. The fourth-order valence-corrected chi connectivity index (χ4v) is 4.23. The average molecular weight is 389 g/mol. The molecule has 0 fully saturated rings. The zero-order chi connectivity index (χ0) is 18.9. The molecular formula is C11H12F3N2O6S2-. The van der Waals surface area contributed by atoms with E-state index in [1.54, 1.807) is 0 Å². The summed E-state index contributed by atoms with van der Waals surface area (Å²) in [7, 11) is -4.34. The van der Waals surface area contributed by atoms with Gasteiger partial charge in [0.25, 0.3) is 0 Å². The molecule has 0 saturated carbocycles. The van der Waals surface area contributed by atoms with Crippen LogP contribution in [0.4, 0.5) is 13.2 Å². The van der Waals surface area contributed by atoms with Crippen LogP contribution in [0.15, 0.2) is 17.0 Å². The fourth-order valence-electron chi connectivity index (χ4n) is 2.26. The van der Waals surface area contributed by atoms with Crippen molar-refractivity contribution in [2.24, 2.45) is 0 Å². The number of alkyl halides is 3. The molecule has 0 aliphatic carbocycles. The highest BCUT2D eigenvalue weighted by molar-refractivity contribution is 7.91. The molecule has 1 aromatic rings. The molecule has 2 unspecified atom stereocenters. The van der Waals surface area contributed by atoms with Gasteiger partial charge in [-0.1, -0.05) is 12.1 Å². The number of sulfone groups is 1. The lowest BCUT2D eigenvalue weighted by atomic mass is 10.0. The Labute approximate surface area is 137 Å². The molecule has 0 saturated heterocycles. The summed E-state index contributed by atoms with van der Waals surface area (Å²) in [5, 5.41) is 10.4. The van der Waals surface area contributed by atoms with E-state index in [0.717, 1.165) is 12.1 Å². The molecular weight excluding hydrogens is 377 g/mol. The molecule has 0 amide bonds. The number of halogens is 3. The van der Waals surface area contributed by atoms with Crippen LogP contribution in [0.1, 0.15) is 22.7 Å². The van der Waals surface area contributed by atoms with Crippen molar-refractivity contribution in [2.75, 3.05) is 5.88 Å². The molecule has 0 aliphatic heterocycles. The molecule has 1 rings (SSSR count). The van der Waals surface area contributed by atoms with Crippen LogP contribution in [0, 0.1) is 24.0 Å². The summed E-state index contributed by atoms with van der Waals surface area (Å²) in [5.41, 5.74) is -0.832. The molecule has 0 heterocycles. The Hall–Kier alpha value is -1.57. The van der Waals surface area contributed by atoms with E-state index in [-0.39, 0.29) is 11.1 Å². The Kier molecular flexibility index (Phi) is 6.08. The first-order chi connectivity index (χ1) is 10.8. The maximum Gasteiger partial charge on any atom is 0.408 e. The minimum Gasteiger partial charge on any atom is -0.760 e. The normalized spacial score (nSPS) is 15.1. The van der Waals surface area contributed by atoms with Crippen molar-refractivity contribution in [2.45, 2.75) is 31.0 Å². The Morgan fingerprint density at radius 3 is 2.08 bits per heavy atom. The number of hydrogen-bond acceptors (Lipinski definition) is 6. The van der Waals surface area contributed by atoms with Gasteiger partial charge in [-0.2, -0.15) is 13.2 Å². The predicted octanol–water partition coefficient (Wildman–Crippen LogP) is 1.30. The second-order valence-electron chi connectivity index (χ2n) is 4.89. The first kappa shape index (κ1) is 20.5. The number of nitrogens with zero attached hydrogens (tertiary/aromatic N) is 1. The van der Waals surface area contributed by atoms with Crippen molar-refractivity contribution < 1.29 is 35.3 Å². The van der Waals surface area contributed by atoms with Crippen molar-refractivity contribution in [3.63, 3.8) is 0 Å². The quantitative estimate of drug-likeness (QED) is 0.443. The van der Waals surface area contributed by atoms with E-state index in [0.29, 0.717) is 0 Å². The smallest absolute Gasteiger partial charge is 0.408 e. The highest BCUT2D eigenvalue weighted by Crippen LogP contribution is 2.35. The molecule has 0 aliphatic rings. The fraction of sp³-hybridized carbons (Fsp3) is 0.455. The Balaban J connectivity index is 3.47. The van der Waals surface area contributed by atoms with E-state index in [9.17, 15) is 40.5 Å². The molecule has 8 nitrogen and oxygen atoms in total. The number of nitro groups is 1. The van der Waals surface area contributed by atoms with E-state index in [4.69, 9.17) is 0 Å². The molecule has 1 aromatic carbocycles. The third-order valence-electron chi connectivity index (χ3n) is 2.94. The van der Waals surface area contributed by atoms with Crippen molar-refractivity contribution in [1.29, 1.82) is 0 Å². The highest BCUT2D eigenvalue weighted by atomic mass is 32.2. The maximum absolute atomic E-state index is 13.0. The standard InChI is InChI=1S/C11H13F3N2O6S2/c1-6-3-8(10(11(12,13)14)15-23(19)20)4-7(2)9(6)24(21,22)5-16(17)18/h3-4,10,15H,5H2,1-2H3,(H,19,20)/p-1. The van der Waals surface area contributed by atoms with Crippen LogP contribution in [0.2, 0.25) is 0 Å². The number of nitrogens with one attached hydrogen (secondary N) is 1. The van der Waals surface area contributed by atoms with Gasteiger partial charge in [0.2, 0.25) is 9.84 Å². The van der Waals surface area contributed by atoms with Gasteiger partial charge in [-0.15, -0.1) is 0 Å². The summed E-state index contributed by atoms with van der Waals surface area (Å²) < 4.78 is 85.3. The topological polar surface area (TPSA) is 129 Å². The monoisotopic (exact) mass is 389 g/mol. The van der Waals surface area contributed by atoms with Crippen LogP contribution >= 0.6 is 0 Å². The summed E-state index contributed by atoms with van der Waals surface area (Å²) >= 11 is -3.21. The average Bonchev–Trinajstić information content (AvgIpc) is 2.31. The van der Waals surface area contributed by atoms with E-state index in [1.165, 1.54) is 18.6 Å². The summed E-state index contributed by atoms with van der Waals surface area (Å²) in [5.74, 6) is -1.40. The van der Waals surface area contributed by atoms with Gasteiger partial charge in [-0.3, -0.25) is 14.3 Å². The zero-order valence-corrected chi connectivity index (χ0v) is 13.9. The van der Waals surface area contributed by atoms with E-state index in [2.05, 4.69) is 0 Å². The highest BCUT2D eigenvalue weighted by Gasteiger charge is 2.41. The lowest BCUT2D eigenvalue weighted by molar-refractivity contribution is -0.458. The summed E-state index contributed by atoms with van der Waals surface area (Å²) in [6, 6.07) is -0.907. The van der Waals surface area contributed by atoms with Gasteiger partial charge in [0, 0.05) is 16.2 Å². The first-order valence-electron chi connectivity index (χ1n) is 6.13. The molecule has 0 radical (unpaired) electrons. The summed E-state index contributed by atoms with van der Waals surface area (Å²) in [4.78, 5) is 8.92. The van der Waals surface area contributed by atoms with Crippen molar-refractivity contribution in [3.8, 4) is 0 Å². The first-order valence-corrected chi connectivity index (χ1v) is 8.86. The van der Waals surface area contributed by atoms with Crippen LogP contribution in [-0.2, 0) is 21.1 Å². The van der Waals surface area contributed by atoms with Crippen molar-refractivity contribution in [1.82, 2.24) is 4.72 Å². The minimum absolute atomic E-state index is 0.153. The van der Waals surface area contributed by atoms with Gasteiger partial charge in [0.15, 0.2) is 0 Å². The predicted molar refractivity (Wildman–Crippen MR) is 75.8 cm³/mol. The number of rotatable bonds is 6. The Bertz CT molecular complexity index is 755. The number of aryl methyl sites for hydroxylation is 2. The molecule has 1 N–H and O–H groups in total. The molecule has 0 spiro atoms. The third kappa shape index (κ3) is 4.96. The SMILES string of the molecule is Cc1cc(C(NS(=O)[O-])C(F)(F)F)cc(C)c1S(=O)(=O)C[N+](=O)[O-]. The number of benzene rings is 1. The van der Waals surface area contributed by atoms with Gasteiger partial charge in [-0.25, -0.2) is 13.1 Å². The van der Waals surface area contributed by atoms with Crippen molar-refractivity contribution >= 4 is 21.1 Å². The van der Waals surface area contributed by atoms with Gasteiger partial charge in [-0.05, 0) is 30.5 Å². The molecule has 0 bridgehead atoms. The van der Waals surface area contributed by atoms with Crippen molar-refractivity contribution in [3.05, 3.63) is 38.9 Å². The van der Waals surface area contributed by atoms with E-state index < -0.39 is 54.6 Å². The van der Waals surface area contributed by atoms with Crippen LogP contribution in [0.25, 0.3) is 0 Å². The zero-order valence-electron chi connectivity index (χ0n) is 12.3. The van der Waals surface area contributed by atoms with Crippen LogP contribution in [0.3, 0.4) is 0 Å². The van der Waals surface area contributed by atoms with Gasteiger partial charge < -0.3 is 4.55 Å². The molecule has 2 atom stereocenters. The lowest BCUT2D eigenvalue weighted by Crippen LogP contribution is -2.35. The van der Waals surface area contributed by atoms with Gasteiger partial charge in [0.1, 0.15) is 6.04 Å². The lowest BCUT2D eigenvalue weighted by Gasteiger charge is -2.24. The van der Waals surface area contributed by atoms with Crippen LogP contribution in [-0.4, -0.2) is 34.2 Å². The maximum atomic E-state index is 13.0. The van der Waals surface area contributed by atoms with Crippen LogP contribution < -0.4 is 4.72 Å². The number of hydrogen-bond donors (Lipinski definition) is 1. The second kappa shape index (κ2) is 7.13. The van der Waals surface area contributed by atoms with E-state index in [1.807, 2.05) is 0 Å². The molecule has 0 aromatic heterocycles. The molecule has 136 valence electrons. The second-order valence-corrected chi connectivity index (χ2v) is 7.49. The van der Waals surface area contributed by atoms with Crippen LogP contribution in [0.5, 0.6) is 0 Å². The summed E-state index contributed by atoms with van der Waals surface area (Å²) in [6.07, 6.45) is -4.96. The Morgan fingerprint density at radius 1 is 1.29 bits per heavy atom. The van der Waals surface area contributed by atoms with E-state index >= 15 is 0 Å².